The second-order valence-electron chi connectivity index (χ2n) is 4.24. The predicted octanol–water partition coefficient (Wildman–Crippen LogP) is 3.82. The Hall–Kier alpha value is -2.23. The van der Waals surface area contributed by atoms with Crippen LogP contribution >= 0.6 is 0 Å². The van der Waals surface area contributed by atoms with Gasteiger partial charge in [0, 0.05) is 11.6 Å². The number of aromatic amines is 1. The molecule has 0 fully saturated rings. The molecule has 90 valence electrons. The van der Waals surface area contributed by atoms with Crippen LogP contribution in [0.5, 0.6) is 0 Å². The third kappa shape index (κ3) is 1.76. The van der Waals surface area contributed by atoms with E-state index < -0.39 is 11.6 Å². The molecular weight excluding hydrogens is 234 g/mol. The Morgan fingerprint density at radius 2 is 1.94 bits per heavy atom. The lowest BCUT2D eigenvalue weighted by molar-refractivity contribution is 0.591. The SMILES string of the molecule is Cc1cccc(-c2nc3c(F)cc(F)cc3[nH]2)c1. The first kappa shape index (κ1) is 10.9. The number of fused-ring (bicyclic) bond motifs is 1. The summed E-state index contributed by atoms with van der Waals surface area (Å²) < 4.78 is 26.6. The topological polar surface area (TPSA) is 28.7 Å². The molecule has 0 aliphatic rings. The van der Waals surface area contributed by atoms with E-state index in [1.165, 1.54) is 6.07 Å². The van der Waals surface area contributed by atoms with Crippen LogP contribution in [0.4, 0.5) is 8.78 Å². The molecule has 18 heavy (non-hydrogen) atoms. The second-order valence-corrected chi connectivity index (χ2v) is 4.24. The molecule has 4 heteroatoms. The Kier molecular flexibility index (Phi) is 2.37. The molecule has 0 saturated heterocycles. The summed E-state index contributed by atoms with van der Waals surface area (Å²) in [5.41, 5.74) is 2.46. The van der Waals surface area contributed by atoms with Gasteiger partial charge in [-0.3, -0.25) is 0 Å². The van der Waals surface area contributed by atoms with Crippen molar-refractivity contribution in [3.63, 3.8) is 0 Å². The quantitative estimate of drug-likeness (QED) is 0.692. The highest BCUT2D eigenvalue weighted by Gasteiger charge is 2.10. The molecule has 0 spiro atoms. The summed E-state index contributed by atoms with van der Waals surface area (Å²) in [5.74, 6) is -0.724. The fourth-order valence-electron chi connectivity index (χ4n) is 1.97. The molecule has 3 aromatic rings. The van der Waals surface area contributed by atoms with Crippen LogP contribution in [-0.4, -0.2) is 9.97 Å². The van der Waals surface area contributed by atoms with Crippen molar-refractivity contribution >= 4 is 11.0 Å². The number of H-pyrrole nitrogens is 1. The molecule has 0 bridgehead atoms. The standard InChI is InChI=1S/C14H10F2N2/c1-8-3-2-4-9(5-8)14-17-12-7-10(15)6-11(16)13(12)18-14/h2-7H,1H3,(H,17,18). The summed E-state index contributed by atoms with van der Waals surface area (Å²) in [7, 11) is 0. The average molecular weight is 244 g/mol. The van der Waals surface area contributed by atoms with Gasteiger partial charge in [-0.05, 0) is 19.1 Å². The summed E-state index contributed by atoms with van der Waals surface area (Å²) in [6.07, 6.45) is 0. The van der Waals surface area contributed by atoms with Gasteiger partial charge in [0.25, 0.3) is 0 Å². The number of rotatable bonds is 1. The van der Waals surface area contributed by atoms with Crippen molar-refractivity contribution in [2.75, 3.05) is 0 Å². The van der Waals surface area contributed by atoms with E-state index in [0.717, 1.165) is 17.2 Å². The van der Waals surface area contributed by atoms with Gasteiger partial charge in [-0.2, -0.15) is 0 Å². The molecular formula is C14H10F2N2. The zero-order chi connectivity index (χ0) is 12.7. The van der Waals surface area contributed by atoms with E-state index in [2.05, 4.69) is 9.97 Å². The van der Waals surface area contributed by atoms with Crippen molar-refractivity contribution < 1.29 is 8.78 Å². The molecule has 0 aliphatic carbocycles. The molecule has 1 aromatic heterocycles. The summed E-state index contributed by atoms with van der Waals surface area (Å²) in [4.78, 5) is 7.10. The van der Waals surface area contributed by atoms with Crippen LogP contribution in [0.2, 0.25) is 0 Å². The van der Waals surface area contributed by atoms with Crippen molar-refractivity contribution in [3.05, 3.63) is 53.6 Å². The summed E-state index contributed by atoms with van der Waals surface area (Å²) in [6.45, 7) is 1.96. The van der Waals surface area contributed by atoms with Gasteiger partial charge in [-0.15, -0.1) is 0 Å². The van der Waals surface area contributed by atoms with Crippen LogP contribution in [-0.2, 0) is 0 Å². The second kappa shape index (κ2) is 3.91. The Bertz CT molecular complexity index is 732. The number of nitrogens with one attached hydrogen (secondary N) is 1. The molecule has 0 unspecified atom stereocenters. The molecule has 0 amide bonds. The van der Waals surface area contributed by atoms with Crippen LogP contribution in [0.15, 0.2) is 36.4 Å². The Balaban J connectivity index is 2.22. The van der Waals surface area contributed by atoms with E-state index in [-0.39, 0.29) is 5.52 Å². The minimum absolute atomic E-state index is 0.160. The normalized spacial score (nSPS) is 11.1. The molecule has 1 N–H and O–H groups in total. The number of halogens is 2. The number of benzene rings is 2. The molecule has 0 aliphatic heterocycles. The van der Waals surface area contributed by atoms with Gasteiger partial charge in [0.2, 0.25) is 0 Å². The van der Waals surface area contributed by atoms with Crippen LogP contribution in [0, 0.1) is 18.6 Å². The molecule has 0 atom stereocenters. The molecule has 0 saturated carbocycles. The lowest BCUT2D eigenvalue weighted by Crippen LogP contribution is -1.81. The Labute approximate surface area is 102 Å². The van der Waals surface area contributed by atoms with Crippen LogP contribution in [0.1, 0.15) is 5.56 Å². The zero-order valence-corrected chi connectivity index (χ0v) is 9.67. The van der Waals surface area contributed by atoms with Crippen molar-refractivity contribution in [3.8, 4) is 11.4 Å². The Morgan fingerprint density at radius 3 is 2.72 bits per heavy atom. The molecule has 0 radical (unpaired) electrons. The summed E-state index contributed by atoms with van der Waals surface area (Å²) >= 11 is 0. The maximum Gasteiger partial charge on any atom is 0.153 e. The van der Waals surface area contributed by atoms with Crippen LogP contribution in [0.25, 0.3) is 22.4 Å². The van der Waals surface area contributed by atoms with Gasteiger partial charge in [0.1, 0.15) is 17.2 Å². The minimum atomic E-state index is -0.653. The van der Waals surface area contributed by atoms with Gasteiger partial charge in [0.15, 0.2) is 5.82 Å². The van der Waals surface area contributed by atoms with Crippen molar-refractivity contribution in [2.45, 2.75) is 6.92 Å². The summed E-state index contributed by atoms with van der Waals surface area (Å²) in [6, 6.07) is 9.75. The summed E-state index contributed by atoms with van der Waals surface area (Å²) in [5, 5.41) is 0. The third-order valence-electron chi connectivity index (χ3n) is 2.80. The number of imidazole rings is 1. The first-order chi connectivity index (χ1) is 8.63. The number of hydrogen-bond acceptors (Lipinski definition) is 1. The van der Waals surface area contributed by atoms with E-state index >= 15 is 0 Å². The van der Waals surface area contributed by atoms with Crippen molar-refractivity contribution in [2.24, 2.45) is 0 Å². The highest BCUT2D eigenvalue weighted by atomic mass is 19.1. The smallest absolute Gasteiger partial charge is 0.153 e. The van der Waals surface area contributed by atoms with Gasteiger partial charge in [-0.1, -0.05) is 23.8 Å². The van der Waals surface area contributed by atoms with E-state index in [9.17, 15) is 8.78 Å². The zero-order valence-electron chi connectivity index (χ0n) is 9.67. The number of hydrogen-bond donors (Lipinski definition) is 1. The minimum Gasteiger partial charge on any atom is -0.338 e. The fraction of sp³-hybridized carbons (Fsp3) is 0.0714. The van der Waals surface area contributed by atoms with E-state index in [0.29, 0.717) is 11.3 Å². The number of nitrogens with zero attached hydrogens (tertiary/aromatic N) is 1. The highest BCUT2D eigenvalue weighted by Crippen LogP contribution is 2.23. The van der Waals surface area contributed by atoms with E-state index in [1.54, 1.807) is 0 Å². The Morgan fingerprint density at radius 1 is 1.11 bits per heavy atom. The van der Waals surface area contributed by atoms with Gasteiger partial charge in [-0.25, -0.2) is 13.8 Å². The van der Waals surface area contributed by atoms with Gasteiger partial charge < -0.3 is 4.98 Å². The van der Waals surface area contributed by atoms with Crippen molar-refractivity contribution in [1.82, 2.24) is 9.97 Å². The fourth-order valence-corrected chi connectivity index (χ4v) is 1.97. The number of aryl methyl sites for hydroxylation is 1. The number of aromatic nitrogens is 2. The average Bonchev–Trinajstić information content (AvgIpc) is 2.73. The first-order valence-electron chi connectivity index (χ1n) is 5.55. The molecule has 2 aromatic carbocycles. The first-order valence-corrected chi connectivity index (χ1v) is 5.55. The molecule has 2 nitrogen and oxygen atoms in total. The maximum absolute atomic E-state index is 13.5. The van der Waals surface area contributed by atoms with Gasteiger partial charge in [0.05, 0.1) is 5.52 Å². The van der Waals surface area contributed by atoms with Crippen LogP contribution in [0.3, 0.4) is 0 Å². The van der Waals surface area contributed by atoms with Gasteiger partial charge >= 0.3 is 0 Å². The largest absolute Gasteiger partial charge is 0.338 e. The maximum atomic E-state index is 13.5. The lowest BCUT2D eigenvalue weighted by Gasteiger charge is -1.97. The third-order valence-corrected chi connectivity index (χ3v) is 2.80. The van der Waals surface area contributed by atoms with Crippen LogP contribution < -0.4 is 0 Å². The lowest BCUT2D eigenvalue weighted by atomic mass is 10.1. The highest BCUT2D eigenvalue weighted by molar-refractivity contribution is 5.80. The monoisotopic (exact) mass is 244 g/mol. The molecule has 3 rings (SSSR count). The van der Waals surface area contributed by atoms with E-state index in [4.69, 9.17) is 0 Å². The molecule has 1 heterocycles. The van der Waals surface area contributed by atoms with Crippen molar-refractivity contribution in [1.29, 1.82) is 0 Å². The predicted molar refractivity (Wildman–Crippen MR) is 66.2 cm³/mol. The van der Waals surface area contributed by atoms with E-state index in [1.807, 2.05) is 31.2 Å².